The van der Waals surface area contributed by atoms with Crippen LogP contribution >= 0.6 is 12.4 Å². The molecule has 0 aliphatic heterocycles. The molecule has 5 nitrogen and oxygen atoms in total. The SMILES string of the molecule is CCCN(CCC)CCc1ccc(OC)c2[nH][nH]c(=O)c12.Cl. The number of aromatic nitrogens is 2. The number of ether oxygens (including phenoxy) is 1. The zero-order valence-corrected chi connectivity index (χ0v) is 14.4. The number of benzene rings is 1. The van der Waals surface area contributed by atoms with Gasteiger partial charge in [-0.05, 0) is 44.0 Å². The second-order valence-electron chi connectivity index (χ2n) is 5.35. The summed E-state index contributed by atoms with van der Waals surface area (Å²) in [5.41, 5.74) is 1.76. The molecule has 0 saturated carbocycles. The fourth-order valence-electron chi connectivity index (χ4n) is 2.82. The number of aromatic amines is 2. The van der Waals surface area contributed by atoms with Gasteiger partial charge in [-0.15, -0.1) is 12.4 Å². The molecule has 0 fully saturated rings. The van der Waals surface area contributed by atoms with Crippen molar-refractivity contribution in [3.63, 3.8) is 0 Å². The van der Waals surface area contributed by atoms with Crippen LogP contribution in [-0.4, -0.2) is 41.8 Å². The van der Waals surface area contributed by atoms with Gasteiger partial charge < -0.3 is 9.64 Å². The lowest BCUT2D eigenvalue weighted by atomic mass is 10.1. The molecule has 0 saturated heterocycles. The molecule has 0 aliphatic rings. The molecular formula is C16H26ClN3O2. The lowest BCUT2D eigenvalue weighted by Crippen LogP contribution is -2.28. The molecule has 2 rings (SSSR count). The highest BCUT2D eigenvalue weighted by Crippen LogP contribution is 2.24. The second kappa shape index (κ2) is 8.86. The highest BCUT2D eigenvalue weighted by Gasteiger charge is 2.13. The van der Waals surface area contributed by atoms with Crippen molar-refractivity contribution in [1.29, 1.82) is 0 Å². The first kappa shape index (κ1) is 18.6. The lowest BCUT2D eigenvalue weighted by Gasteiger charge is -2.21. The van der Waals surface area contributed by atoms with Crippen molar-refractivity contribution >= 4 is 23.3 Å². The summed E-state index contributed by atoms with van der Waals surface area (Å²) in [4.78, 5) is 14.5. The summed E-state index contributed by atoms with van der Waals surface area (Å²) < 4.78 is 5.30. The number of fused-ring (bicyclic) bond motifs is 1. The minimum Gasteiger partial charge on any atom is -0.494 e. The van der Waals surface area contributed by atoms with Crippen molar-refractivity contribution < 1.29 is 4.74 Å². The van der Waals surface area contributed by atoms with Gasteiger partial charge in [0.1, 0.15) is 11.3 Å². The van der Waals surface area contributed by atoms with Crippen LogP contribution in [0.1, 0.15) is 32.3 Å². The summed E-state index contributed by atoms with van der Waals surface area (Å²) in [7, 11) is 1.62. The average Bonchev–Trinajstić information content (AvgIpc) is 2.88. The van der Waals surface area contributed by atoms with Crippen molar-refractivity contribution in [2.24, 2.45) is 0 Å². The summed E-state index contributed by atoms with van der Waals surface area (Å²) in [6.45, 7) is 7.59. The Kier molecular flexibility index (Phi) is 7.48. The number of nitrogens with one attached hydrogen (secondary N) is 2. The van der Waals surface area contributed by atoms with E-state index in [2.05, 4.69) is 28.9 Å². The number of hydrogen-bond acceptors (Lipinski definition) is 3. The van der Waals surface area contributed by atoms with Gasteiger partial charge in [0.05, 0.1) is 12.5 Å². The molecule has 6 heteroatoms. The van der Waals surface area contributed by atoms with E-state index in [-0.39, 0.29) is 18.0 Å². The molecule has 0 amide bonds. The maximum atomic E-state index is 12.0. The van der Waals surface area contributed by atoms with E-state index >= 15 is 0 Å². The average molecular weight is 328 g/mol. The van der Waals surface area contributed by atoms with Crippen molar-refractivity contribution in [3.05, 3.63) is 28.0 Å². The largest absolute Gasteiger partial charge is 0.494 e. The van der Waals surface area contributed by atoms with Crippen LogP contribution in [0, 0.1) is 0 Å². The fraction of sp³-hybridized carbons (Fsp3) is 0.562. The molecule has 0 radical (unpaired) electrons. The molecule has 0 unspecified atom stereocenters. The van der Waals surface area contributed by atoms with Gasteiger partial charge in [-0.2, -0.15) is 0 Å². The van der Waals surface area contributed by atoms with Gasteiger partial charge in [0.25, 0.3) is 5.56 Å². The van der Waals surface area contributed by atoms with Crippen LogP contribution in [0.5, 0.6) is 5.75 Å². The van der Waals surface area contributed by atoms with Crippen LogP contribution in [0.15, 0.2) is 16.9 Å². The van der Waals surface area contributed by atoms with Crippen LogP contribution in [0.4, 0.5) is 0 Å². The third kappa shape index (κ3) is 4.05. The predicted molar refractivity (Wildman–Crippen MR) is 93.4 cm³/mol. The van der Waals surface area contributed by atoms with Crippen LogP contribution in [0.3, 0.4) is 0 Å². The Morgan fingerprint density at radius 2 is 1.77 bits per heavy atom. The zero-order valence-electron chi connectivity index (χ0n) is 13.6. The van der Waals surface area contributed by atoms with Crippen molar-refractivity contribution in [3.8, 4) is 5.75 Å². The minimum atomic E-state index is -0.0727. The number of methoxy groups -OCH3 is 1. The number of halogens is 1. The van der Waals surface area contributed by atoms with Gasteiger partial charge in [0, 0.05) is 6.54 Å². The van der Waals surface area contributed by atoms with E-state index < -0.39 is 0 Å². The first-order valence-electron chi connectivity index (χ1n) is 7.69. The van der Waals surface area contributed by atoms with Gasteiger partial charge in [-0.25, -0.2) is 0 Å². The number of rotatable bonds is 8. The smallest absolute Gasteiger partial charge is 0.272 e. The third-order valence-electron chi connectivity index (χ3n) is 3.78. The Labute approximate surface area is 137 Å². The van der Waals surface area contributed by atoms with E-state index in [1.54, 1.807) is 7.11 Å². The molecule has 1 heterocycles. The molecule has 0 atom stereocenters. The lowest BCUT2D eigenvalue weighted by molar-refractivity contribution is 0.278. The summed E-state index contributed by atoms with van der Waals surface area (Å²) in [5, 5.41) is 6.29. The van der Waals surface area contributed by atoms with Gasteiger partial charge in [0.15, 0.2) is 0 Å². The Morgan fingerprint density at radius 3 is 2.36 bits per heavy atom. The highest BCUT2D eigenvalue weighted by atomic mass is 35.5. The molecule has 0 bridgehead atoms. The fourth-order valence-corrected chi connectivity index (χ4v) is 2.82. The van der Waals surface area contributed by atoms with Gasteiger partial charge >= 0.3 is 0 Å². The first-order chi connectivity index (χ1) is 10.2. The molecular weight excluding hydrogens is 302 g/mol. The molecule has 0 spiro atoms. The molecule has 0 aliphatic carbocycles. The number of hydrogen-bond donors (Lipinski definition) is 2. The van der Waals surface area contributed by atoms with Crippen LogP contribution < -0.4 is 10.3 Å². The molecule has 2 N–H and O–H groups in total. The topological polar surface area (TPSA) is 61.1 Å². The molecule has 124 valence electrons. The molecule has 1 aromatic heterocycles. The van der Waals surface area contributed by atoms with Crippen LogP contribution in [-0.2, 0) is 6.42 Å². The quantitative estimate of drug-likeness (QED) is 0.783. The summed E-state index contributed by atoms with van der Waals surface area (Å²) in [6, 6.07) is 3.92. The molecule has 2 aromatic rings. The first-order valence-corrected chi connectivity index (χ1v) is 7.69. The molecule has 1 aromatic carbocycles. The summed E-state index contributed by atoms with van der Waals surface area (Å²) in [6.07, 6.45) is 3.19. The summed E-state index contributed by atoms with van der Waals surface area (Å²) >= 11 is 0. The maximum absolute atomic E-state index is 12.0. The Balaban J connectivity index is 0.00000242. The number of H-pyrrole nitrogens is 2. The van der Waals surface area contributed by atoms with Crippen molar-refractivity contribution in [2.75, 3.05) is 26.7 Å². The van der Waals surface area contributed by atoms with E-state index in [4.69, 9.17) is 4.74 Å². The maximum Gasteiger partial charge on any atom is 0.272 e. The normalized spacial score (nSPS) is 10.9. The summed E-state index contributed by atoms with van der Waals surface area (Å²) in [5.74, 6) is 0.700. The van der Waals surface area contributed by atoms with E-state index in [9.17, 15) is 4.79 Å². The predicted octanol–water partition coefficient (Wildman–Crippen LogP) is 2.95. The van der Waals surface area contributed by atoms with E-state index in [0.717, 1.165) is 55.4 Å². The van der Waals surface area contributed by atoms with E-state index in [1.165, 1.54) is 0 Å². The molecule has 22 heavy (non-hydrogen) atoms. The Bertz CT molecular complexity index is 630. The Morgan fingerprint density at radius 1 is 1.09 bits per heavy atom. The highest BCUT2D eigenvalue weighted by molar-refractivity contribution is 5.87. The van der Waals surface area contributed by atoms with Crippen molar-refractivity contribution in [2.45, 2.75) is 33.1 Å². The van der Waals surface area contributed by atoms with Crippen LogP contribution in [0.2, 0.25) is 0 Å². The van der Waals surface area contributed by atoms with Gasteiger partial charge in [0.2, 0.25) is 0 Å². The zero-order chi connectivity index (χ0) is 15.2. The van der Waals surface area contributed by atoms with Crippen molar-refractivity contribution in [1.82, 2.24) is 15.1 Å². The standard InChI is InChI=1S/C16H25N3O2.ClH/c1-4-9-19(10-5-2)11-8-12-6-7-13(21-3)15-14(12)16(20)18-17-15;/h6-7H,4-5,8-11H2,1-3H3,(H2,17,18,20);1H. The van der Waals surface area contributed by atoms with E-state index in [0.29, 0.717) is 5.75 Å². The van der Waals surface area contributed by atoms with E-state index in [1.807, 2.05) is 12.1 Å². The Hall–Kier alpha value is -1.46. The number of nitrogens with zero attached hydrogens (tertiary/aromatic N) is 1. The third-order valence-corrected chi connectivity index (χ3v) is 3.78. The van der Waals surface area contributed by atoms with Gasteiger partial charge in [-0.3, -0.25) is 15.0 Å². The monoisotopic (exact) mass is 327 g/mol. The second-order valence-corrected chi connectivity index (χ2v) is 5.35. The minimum absolute atomic E-state index is 0. The van der Waals surface area contributed by atoms with Gasteiger partial charge in [-0.1, -0.05) is 19.9 Å². The van der Waals surface area contributed by atoms with Crippen LogP contribution in [0.25, 0.3) is 10.9 Å².